The Morgan fingerprint density at radius 3 is 1.24 bits per heavy atom. The Labute approximate surface area is 193 Å². The maximum absolute atomic E-state index is 12.6. The van der Waals surface area contributed by atoms with Gasteiger partial charge in [0.1, 0.15) is 5.78 Å². The molecule has 1 heterocycles. The van der Waals surface area contributed by atoms with Crippen LogP contribution in [-0.2, 0) is 23.7 Å². The Morgan fingerprint density at radius 2 is 0.970 bits per heavy atom. The first-order valence-corrected chi connectivity index (χ1v) is 12.7. The highest BCUT2D eigenvalue weighted by molar-refractivity contribution is 7.57. The number of Topliss-reactive ketones (excluding diaryl/α,β-unsaturated/α-hetero) is 1. The van der Waals surface area contributed by atoms with Crippen LogP contribution < -0.4 is 0 Å². The summed E-state index contributed by atoms with van der Waals surface area (Å²) >= 11 is 0. The number of hydrogen-bond acceptors (Lipinski definition) is 9. The molecule has 33 heavy (non-hydrogen) atoms. The SMILES string of the molecule is CC(=O)CCP(=O)(O)CN1CCN(CC(=O)O)CCN(CC(=O)O)CCN(CC(=O)O)CC1. The van der Waals surface area contributed by atoms with Gasteiger partial charge in [0.25, 0.3) is 0 Å². The number of carboxylic acid groups (broad SMARTS) is 3. The highest BCUT2D eigenvalue weighted by Crippen LogP contribution is 2.41. The third-order valence-electron chi connectivity index (χ3n) is 5.24. The van der Waals surface area contributed by atoms with E-state index in [0.717, 1.165) is 0 Å². The van der Waals surface area contributed by atoms with Crippen molar-refractivity contribution in [2.75, 3.05) is 84.4 Å². The number of ketones is 1. The minimum atomic E-state index is -3.65. The van der Waals surface area contributed by atoms with Crippen LogP contribution in [0.5, 0.6) is 0 Å². The molecule has 0 bridgehead atoms. The Balaban J connectivity index is 3.00. The number of nitrogens with zero attached hydrogens (tertiary/aromatic N) is 4. The van der Waals surface area contributed by atoms with Gasteiger partial charge in [-0.2, -0.15) is 0 Å². The summed E-state index contributed by atoms with van der Waals surface area (Å²) in [5.74, 6) is -3.31. The number of carbonyl (C=O) groups is 4. The zero-order chi connectivity index (χ0) is 25.0. The second-order valence-electron chi connectivity index (χ2n) is 8.29. The lowest BCUT2D eigenvalue weighted by Crippen LogP contribution is -2.48. The van der Waals surface area contributed by atoms with Gasteiger partial charge in [-0.25, -0.2) is 0 Å². The summed E-state index contributed by atoms with van der Waals surface area (Å²) in [6.45, 7) is 2.71. The molecule has 1 atom stereocenters. The molecule has 14 heteroatoms. The summed E-state index contributed by atoms with van der Waals surface area (Å²) in [6.07, 6.45) is -0.356. The maximum atomic E-state index is 12.6. The number of rotatable bonds is 11. The van der Waals surface area contributed by atoms with Gasteiger partial charge < -0.3 is 25.0 Å². The van der Waals surface area contributed by atoms with Gasteiger partial charge >= 0.3 is 17.9 Å². The average Bonchev–Trinajstić information content (AvgIpc) is 2.67. The molecule has 190 valence electrons. The van der Waals surface area contributed by atoms with Crippen molar-refractivity contribution in [1.29, 1.82) is 0 Å². The van der Waals surface area contributed by atoms with Gasteiger partial charge in [0, 0.05) is 64.9 Å². The molecular formula is C19H35N4O9P. The smallest absolute Gasteiger partial charge is 0.317 e. The monoisotopic (exact) mass is 494 g/mol. The fourth-order valence-corrected chi connectivity index (χ4v) is 5.20. The van der Waals surface area contributed by atoms with Crippen LogP contribution in [0.25, 0.3) is 0 Å². The van der Waals surface area contributed by atoms with Gasteiger partial charge in [0.2, 0.25) is 7.37 Å². The Kier molecular flexibility index (Phi) is 12.7. The molecule has 1 rings (SSSR count). The lowest BCUT2D eigenvalue weighted by atomic mass is 10.3. The van der Waals surface area contributed by atoms with Crippen LogP contribution in [0.1, 0.15) is 13.3 Å². The van der Waals surface area contributed by atoms with Crippen LogP contribution in [0.2, 0.25) is 0 Å². The summed E-state index contributed by atoms with van der Waals surface area (Å²) in [6, 6.07) is 0. The van der Waals surface area contributed by atoms with E-state index in [2.05, 4.69) is 0 Å². The molecular weight excluding hydrogens is 459 g/mol. The quantitative estimate of drug-likeness (QED) is 0.248. The topological polar surface area (TPSA) is 179 Å². The fourth-order valence-electron chi connectivity index (χ4n) is 3.48. The van der Waals surface area contributed by atoms with Gasteiger partial charge in [0.15, 0.2) is 0 Å². The van der Waals surface area contributed by atoms with E-state index in [1.165, 1.54) is 6.92 Å². The number of hydrogen-bond donors (Lipinski definition) is 4. The second kappa shape index (κ2) is 14.4. The largest absolute Gasteiger partial charge is 0.480 e. The van der Waals surface area contributed by atoms with Crippen LogP contribution >= 0.6 is 7.37 Å². The molecule has 1 aliphatic rings. The van der Waals surface area contributed by atoms with E-state index in [1.807, 2.05) is 0 Å². The lowest BCUT2D eigenvalue weighted by Gasteiger charge is -2.33. The van der Waals surface area contributed by atoms with Gasteiger partial charge in [-0.15, -0.1) is 0 Å². The Hall–Kier alpha value is -1.89. The van der Waals surface area contributed by atoms with Crippen LogP contribution in [0.4, 0.5) is 0 Å². The van der Waals surface area contributed by atoms with Crippen LogP contribution in [-0.4, -0.2) is 148 Å². The summed E-state index contributed by atoms with van der Waals surface area (Å²) in [4.78, 5) is 61.9. The van der Waals surface area contributed by atoms with Crippen molar-refractivity contribution >= 4 is 31.1 Å². The first kappa shape index (κ1) is 29.1. The zero-order valence-corrected chi connectivity index (χ0v) is 19.9. The molecule has 0 aromatic heterocycles. The predicted octanol–water partition coefficient (Wildman–Crippen LogP) is -1.33. The van der Waals surface area contributed by atoms with Gasteiger partial charge in [-0.1, -0.05) is 0 Å². The molecule has 0 aromatic carbocycles. The van der Waals surface area contributed by atoms with Crippen molar-refractivity contribution in [1.82, 2.24) is 19.6 Å². The molecule has 0 saturated carbocycles. The molecule has 13 nitrogen and oxygen atoms in total. The van der Waals surface area contributed by atoms with Crippen molar-refractivity contribution in [3.63, 3.8) is 0 Å². The van der Waals surface area contributed by atoms with E-state index in [9.17, 15) is 38.8 Å². The summed E-state index contributed by atoms with van der Waals surface area (Å²) in [5, 5.41) is 27.6. The highest BCUT2D eigenvalue weighted by Gasteiger charge is 2.25. The Bertz CT molecular complexity index is 704. The first-order valence-electron chi connectivity index (χ1n) is 10.7. The Morgan fingerprint density at radius 1 is 0.667 bits per heavy atom. The van der Waals surface area contributed by atoms with Crippen molar-refractivity contribution in [2.24, 2.45) is 0 Å². The van der Waals surface area contributed by atoms with E-state index in [-0.39, 0.29) is 96.6 Å². The first-order chi connectivity index (χ1) is 15.4. The molecule has 1 unspecified atom stereocenters. The minimum Gasteiger partial charge on any atom is -0.480 e. The van der Waals surface area contributed by atoms with E-state index in [4.69, 9.17) is 5.11 Å². The van der Waals surface area contributed by atoms with Crippen LogP contribution in [0, 0.1) is 0 Å². The number of aliphatic carboxylic acids is 3. The highest BCUT2D eigenvalue weighted by atomic mass is 31.2. The van der Waals surface area contributed by atoms with Crippen molar-refractivity contribution in [3.05, 3.63) is 0 Å². The van der Waals surface area contributed by atoms with E-state index in [1.54, 1.807) is 19.6 Å². The van der Waals surface area contributed by atoms with E-state index >= 15 is 0 Å². The van der Waals surface area contributed by atoms with E-state index < -0.39 is 25.3 Å². The van der Waals surface area contributed by atoms with Crippen molar-refractivity contribution in [3.8, 4) is 0 Å². The predicted molar refractivity (Wildman–Crippen MR) is 119 cm³/mol. The molecule has 4 N–H and O–H groups in total. The third kappa shape index (κ3) is 14.1. The minimum absolute atomic E-state index is 0.0166. The summed E-state index contributed by atoms with van der Waals surface area (Å²) < 4.78 is 12.6. The molecule has 0 aliphatic carbocycles. The molecule has 1 fully saturated rings. The standard InChI is InChI=1S/C19H35N4O9P/c1-16(24)2-11-33(31,32)15-23-9-7-21(13-18(27)28)5-3-20(12-17(25)26)4-6-22(8-10-23)14-19(29)30/h2-15H2,1H3,(H,25,26)(H,27,28)(H,29,30)(H,31,32). The normalized spacial score (nSPS) is 20.3. The van der Waals surface area contributed by atoms with Gasteiger partial charge in [-0.05, 0) is 6.92 Å². The average molecular weight is 494 g/mol. The molecule has 1 saturated heterocycles. The summed E-state index contributed by atoms with van der Waals surface area (Å²) in [5.41, 5.74) is 0. The molecule has 1 aliphatic heterocycles. The van der Waals surface area contributed by atoms with Crippen molar-refractivity contribution in [2.45, 2.75) is 13.3 Å². The van der Waals surface area contributed by atoms with E-state index in [0.29, 0.717) is 0 Å². The molecule has 0 spiro atoms. The van der Waals surface area contributed by atoms with Crippen LogP contribution in [0.15, 0.2) is 0 Å². The zero-order valence-electron chi connectivity index (χ0n) is 19.0. The lowest BCUT2D eigenvalue weighted by molar-refractivity contribution is -0.140. The second-order valence-corrected chi connectivity index (χ2v) is 10.7. The third-order valence-corrected chi connectivity index (χ3v) is 7.01. The fraction of sp³-hybridized carbons (Fsp3) is 0.789. The number of carboxylic acids is 3. The van der Waals surface area contributed by atoms with Gasteiger partial charge in [0.05, 0.1) is 25.9 Å². The van der Waals surface area contributed by atoms with Gasteiger partial charge in [-0.3, -0.25) is 38.5 Å². The molecule has 0 amide bonds. The molecule has 0 radical (unpaired) electrons. The molecule has 0 aromatic rings. The maximum Gasteiger partial charge on any atom is 0.317 e. The van der Waals surface area contributed by atoms with Crippen molar-refractivity contribution < 1.29 is 44.0 Å². The van der Waals surface area contributed by atoms with Crippen LogP contribution in [0.3, 0.4) is 0 Å². The summed E-state index contributed by atoms with van der Waals surface area (Å²) in [7, 11) is -3.65. The number of carbonyl (C=O) groups excluding carboxylic acids is 1.